The summed E-state index contributed by atoms with van der Waals surface area (Å²) in [4.78, 5) is 25.4. The molecule has 1 fully saturated rings. The number of anilines is 1. The second kappa shape index (κ2) is 8.09. The van der Waals surface area contributed by atoms with E-state index in [1.54, 1.807) is 0 Å². The van der Waals surface area contributed by atoms with E-state index in [1.807, 2.05) is 12.8 Å². The Hall–Kier alpha value is -2.40. The van der Waals surface area contributed by atoms with Gasteiger partial charge < -0.3 is 9.84 Å². The molecule has 0 heterocycles. The van der Waals surface area contributed by atoms with Crippen molar-refractivity contribution in [3.8, 4) is 18.1 Å². The Morgan fingerprint density at radius 3 is 2.63 bits per heavy atom. The largest absolute Gasteiger partial charge is 0.479 e. The van der Waals surface area contributed by atoms with Gasteiger partial charge in [-0.2, -0.15) is 8.78 Å². The average Bonchev–Trinajstić information content (AvgIpc) is 2.57. The summed E-state index contributed by atoms with van der Waals surface area (Å²) < 4.78 is 43.1. The molecule has 2 atom stereocenters. The van der Waals surface area contributed by atoms with Gasteiger partial charge in [0.1, 0.15) is 5.54 Å². The Bertz CT molecular complexity index is 772. The van der Waals surface area contributed by atoms with Crippen molar-refractivity contribution in [1.29, 1.82) is 0 Å². The van der Waals surface area contributed by atoms with E-state index in [1.165, 1.54) is 0 Å². The molecule has 1 aromatic carbocycles. The summed E-state index contributed by atoms with van der Waals surface area (Å²) in [6, 6.07) is 1.70. The van der Waals surface area contributed by atoms with Crippen LogP contribution in [0, 0.1) is 24.1 Å². The fourth-order valence-corrected chi connectivity index (χ4v) is 3.76. The van der Waals surface area contributed by atoms with E-state index in [0.717, 1.165) is 17.4 Å². The molecule has 27 heavy (non-hydrogen) atoms. The van der Waals surface area contributed by atoms with Crippen LogP contribution in [-0.2, 0) is 9.59 Å². The number of halogens is 4. The maximum atomic E-state index is 14.3. The third-order valence-electron chi connectivity index (χ3n) is 4.57. The van der Waals surface area contributed by atoms with Gasteiger partial charge in [0, 0.05) is 6.07 Å². The molecule has 1 amide bonds. The molecular weight excluding hydrogens is 387 g/mol. The van der Waals surface area contributed by atoms with Crippen LogP contribution in [-0.4, -0.2) is 29.1 Å². The lowest BCUT2D eigenvalue weighted by molar-refractivity contribution is -0.146. The highest BCUT2D eigenvalue weighted by atomic mass is 35.5. The molecule has 0 radical (unpaired) electrons. The van der Waals surface area contributed by atoms with Crippen LogP contribution >= 0.6 is 11.6 Å². The number of nitrogens with zero attached hydrogens (tertiary/aromatic N) is 1. The maximum absolute atomic E-state index is 14.3. The van der Waals surface area contributed by atoms with Gasteiger partial charge >= 0.3 is 18.5 Å². The van der Waals surface area contributed by atoms with Crippen LogP contribution in [0.3, 0.4) is 0 Å². The van der Waals surface area contributed by atoms with Crippen LogP contribution < -0.4 is 9.64 Å². The summed E-state index contributed by atoms with van der Waals surface area (Å²) >= 11 is 5.83. The van der Waals surface area contributed by atoms with E-state index >= 15 is 0 Å². The lowest BCUT2D eigenvalue weighted by atomic mass is 9.75. The zero-order valence-electron chi connectivity index (χ0n) is 14.3. The molecule has 2 rings (SSSR count). The Morgan fingerprint density at radius 2 is 2.15 bits per heavy atom. The molecule has 1 N–H and O–H groups in total. The number of carbonyl (C=O) groups excluding carboxylic acids is 1. The van der Waals surface area contributed by atoms with E-state index < -0.39 is 40.6 Å². The van der Waals surface area contributed by atoms with Crippen molar-refractivity contribution < 1.29 is 32.6 Å². The quantitative estimate of drug-likeness (QED) is 0.752. The minimum absolute atomic E-state index is 0.0234. The van der Waals surface area contributed by atoms with E-state index in [9.17, 15) is 27.9 Å². The molecule has 9 heteroatoms. The SMILES string of the molecule is C#CC(=O)N(c1cc(F)c(OC(F)F)c(Cl)c1)C1(C(=O)O)CCCC(C)C1. The third-order valence-corrected chi connectivity index (χ3v) is 4.86. The molecular formula is C18H17ClF3NO4. The normalized spacial score (nSPS) is 22.2. The Balaban J connectivity index is 2.62. The molecule has 0 saturated heterocycles. The fraction of sp³-hybridized carbons (Fsp3) is 0.444. The van der Waals surface area contributed by atoms with Gasteiger partial charge in [-0.25, -0.2) is 9.18 Å². The molecule has 0 aliphatic heterocycles. The van der Waals surface area contributed by atoms with Crippen LogP contribution in [0.1, 0.15) is 32.6 Å². The van der Waals surface area contributed by atoms with Crippen molar-refractivity contribution in [3.63, 3.8) is 0 Å². The zero-order valence-corrected chi connectivity index (χ0v) is 15.1. The number of aliphatic carboxylic acids is 1. The smallest absolute Gasteiger partial charge is 0.387 e. The second-order valence-corrected chi connectivity index (χ2v) is 6.85. The van der Waals surface area contributed by atoms with Crippen LogP contribution in [0.2, 0.25) is 5.02 Å². The van der Waals surface area contributed by atoms with E-state index in [4.69, 9.17) is 18.0 Å². The highest BCUT2D eigenvalue weighted by Gasteiger charge is 2.49. The molecule has 0 bridgehead atoms. The lowest BCUT2D eigenvalue weighted by Crippen LogP contribution is -2.59. The van der Waals surface area contributed by atoms with Crippen molar-refractivity contribution in [2.45, 2.75) is 44.8 Å². The van der Waals surface area contributed by atoms with Crippen molar-refractivity contribution in [1.82, 2.24) is 0 Å². The van der Waals surface area contributed by atoms with Crippen LogP contribution in [0.5, 0.6) is 5.75 Å². The number of carbonyl (C=O) groups is 2. The number of carboxylic acids is 1. The number of amides is 1. The number of terminal acetylenes is 1. The molecule has 1 aliphatic rings. The number of alkyl halides is 2. The Morgan fingerprint density at radius 1 is 1.48 bits per heavy atom. The molecule has 1 saturated carbocycles. The molecule has 146 valence electrons. The predicted molar refractivity (Wildman–Crippen MR) is 92.4 cm³/mol. The van der Waals surface area contributed by atoms with E-state index in [-0.39, 0.29) is 24.4 Å². The maximum Gasteiger partial charge on any atom is 0.387 e. The van der Waals surface area contributed by atoms with E-state index in [2.05, 4.69) is 4.74 Å². The fourth-order valence-electron chi connectivity index (χ4n) is 3.52. The minimum Gasteiger partial charge on any atom is -0.479 e. The number of rotatable bonds is 5. The van der Waals surface area contributed by atoms with Crippen LogP contribution in [0.4, 0.5) is 18.9 Å². The van der Waals surface area contributed by atoms with Gasteiger partial charge in [0.15, 0.2) is 11.6 Å². The summed E-state index contributed by atoms with van der Waals surface area (Å²) in [6.07, 6.45) is 6.69. The molecule has 1 aromatic rings. The molecule has 5 nitrogen and oxygen atoms in total. The summed E-state index contributed by atoms with van der Waals surface area (Å²) in [5, 5.41) is 9.34. The predicted octanol–water partition coefficient (Wildman–Crippen LogP) is 4.08. The molecule has 1 aliphatic carbocycles. The Labute approximate surface area is 159 Å². The van der Waals surface area contributed by atoms with Crippen molar-refractivity contribution in [2.75, 3.05) is 4.90 Å². The van der Waals surface area contributed by atoms with Crippen molar-refractivity contribution in [2.24, 2.45) is 5.92 Å². The summed E-state index contributed by atoms with van der Waals surface area (Å²) in [7, 11) is 0. The van der Waals surface area contributed by atoms with Crippen LogP contribution in [0.15, 0.2) is 12.1 Å². The van der Waals surface area contributed by atoms with Gasteiger partial charge in [-0.15, -0.1) is 6.42 Å². The van der Waals surface area contributed by atoms with Crippen molar-refractivity contribution >= 4 is 29.2 Å². The Kier molecular flexibility index (Phi) is 6.26. The standard InChI is InChI=1S/C18H17ClF3NO4/c1-3-14(24)23(18(16(25)26)6-4-5-10(2)9-18)11-7-12(19)15(13(20)8-11)27-17(21)22/h1,7-8,10,17H,4-6,9H2,2H3,(H,25,26). The summed E-state index contributed by atoms with van der Waals surface area (Å²) in [5.41, 5.74) is -1.93. The molecule has 2 unspecified atom stereocenters. The average molecular weight is 404 g/mol. The van der Waals surface area contributed by atoms with Gasteiger partial charge in [-0.3, -0.25) is 9.69 Å². The highest BCUT2D eigenvalue weighted by molar-refractivity contribution is 6.32. The first-order chi connectivity index (χ1) is 12.6. The number of benzene rings is 1. The number of hydrogen-bond donors (Lipinski definition) is 1. The third kappa shape index (κ3) is 4.14. The monoisotopic (exact) mass is 403 g/mol. The number of hydrogen-bond acceptors (Lipinski definition) is 3. The summed E-state index contributed by atoms with van der Waals surface area (Å²) in [5.74, 6) is -2.63. The van der Waals surface area contributed by atoms with E-state index in [0.29, 0.717) is 12.5 Å². The number of carboxylic acid groups (broad SMARTS) is 1. The molecule has 0 aromatic heterocycles. The lowest BCUT2D eigenvalue weighted by Gasteiger charge is -2.44. The molecule has 0 spiro atoms. The first kappa shape index (κ1) is 20.9. The topological polar surface area (TPSA) is 66.8 Å². The summed E-state index contributed by atoms with van der Waals surface area (Å²) in [6.45, 7) is -1.47. The van der Waals surface area contributed by atoms with Gasteiger partial charge in [-0.05, 0) is 30.7 Å². The first-order valence-electron chi connectivity index (χ1n) is 8.10. The second-order valence-electron chi connectivity index (χ2n) is 6.44. The number of ether oxygens (including phenoxy) is 1. The van der Waals surface area contributed by atoms with Gasteiger partial charge in [-0.1, -0.05) is 31.4 Å². The van der Waals surface area contributed by atoms with Gasteiger partial charge in [0.2, 0.25) is 0 Å². The minimum atomic E-state index is -3.31. The van der Waals surface area contributed by atoms with Crippen molar-refractivity contribution in [3.05, 3.63) is 23.0 Å². The van der Waals surface area contributed by atoms with Gasteiger partial charge in [0.05, 0.1) is 10.7 Å². The van der Waals surface area contributed by atoms with Crippen LogP contribution in [0.25, 0.3) is 0 Å². The zero-order chi connectivity index (χ0) is 20.4. The highest BCUT2D eigenvalue weighted by Crippen LogP contribution is 2.42. The first-order valence-corrected chi connectivity index (χ1v) is 8.48. The van der Waals surface area contributed by atoms with Gasteiger partial charge in [0.25, 0.3) is 0 Å².